The minimum atomic E-state index is -1.10. The van der Waals surface area contributed by atoms with Crippen LogP contribution < -0.4 is 11.1 Å². The quantitative estimate of drug-likeness (QED) is 0.785. The fourth-order valence-electron chi connectivity index (χ4n) is 2.50. The minimum Gasteiger partial charge on any atom is -0.444 e. The van der Waals surface area contributed by atoms with Gasteiger partial charge in [0.2, 0.25) is 11.8 Å². The number of likely N-dealkylation sites (tertiary alicyclic amines) is 1. The molecule has 3 N–H and O–H groups in total. The van der Waals surface area contributed by atoms with Crippen LogP contribution in [0.5, 0.6) is 0 Å². The molecule has 23 heavy (non-hydrogen) atoms. The van der Waals surface area contributed by atoms with Crippen molar-refractivity contribution < 1.29 is 19.1 Å². The molecule has 0 radical (unpaired) electrons. The molecule has 0 aromatic rings. The van der Waals surface area contributed by atoms with Crippen LogP contribution in [0.2, 0.25) is 0 Å². The Hall–Kier alpha value is -2.30. The van der Waals surface area contributed by atoms with Crippen LogP contribution in [0.15, 0.2) is 0 Å². The van der Waals surface area contributed by atoms with E-state index >= 15 is 0 Å². The van der Waals surface area contributed by atoms with Gasteiger partial charge in [0.1, 0.15) is 17.2 Å². The number of carbonyl (C=O) groups excluding carboxylic acids is 3. The summed E-state index contributed by atoms with van der Waals surface area (Å²) in [6.45, 7) is 7.03. The molecule has 0 bridgehead atoms. The third-order valence-electron chi connectivity index (χ3n) is 3.72. The highest BCUT2D eigenvalue weighted by Gasteiger charge is 2.46. The van der Waals surface area contributed by atoms with Crippen LogP contribution in [0.3, 0.4) is 0 Å². The lowest BCUT2D eigenvalue weighted by Gasteiger charge is -2.34. The summed E-state index contributed by atoms with van der Waals surface area (Å²) in [4.78, 5) is 37.5. The molecule has 1 unspecified atom stereocenters. The molecule has 1 aliphatic heterocycles. The second-order valence-electron chi connectivity index (χ2n) is 6.79. The summed E-state index contributed by atoms with van der Waals surface area (Å²) in [5.74, 6) is -1.10. The number of ether oxygens (including phenoxy) is 1. The number of amides is 3. The van der Waals surface area contributed by atoms with Gasteiger partial charge in [0, 0.05) is 6.54 Å². The second kappa shape index (κ2) is 6.86. The van der Waals surface area contributed by atoms with Crippen LogP contribution in [0.4, 0.5) is 4.79 Å². The van der Waals surface area contributed by atoms with E-state index in [1.165, 1.54) is 4.90 Å². The maximum absolute atomic E-state index is 12.7. The predicted molar refractivity (Wildman–Crippen MR) is 81.9 cm³/mol. The summed E-state index contributed by atoms with van der Waals surface area (Å²) < 4.78 is 5.10. The van der Waals surface area contributed by atoms with Crippen LogP contribution >= 0.6 is 0 Å². The van der Waals surface area contributed by atoms with Crippen molar-refractivity contribution in [2.75, 3.05) is 6.54 Å². The largest absolute Gasteiger partial charge is 0.444 e. The van der Waals surface area contributed by atoms with Crippen LogP contribution in [0.1, 0.15) is 47.0 Å². The first kappa shape index (κ1) is 18.7. The maximum atomic E-state index is 12.7. The summed E-state index contributed by atoms with van der Waals surface area (Å²) in [5.41, 5.74) is 3.59. The lowest BCUT2D eigenvalue weighted by molar-refractivity contribution is -0.144. The monoisotopic (exact) mass is 324 g/mol. The molecule has 8 nitrogen and oxygen atoms in total. The lowest BCUT2D eigenvalue weighted by Crippen LogP contribution is -2.59. The SMILES string of the molecule is CC(C)(C)OC(=O)NC(CC#N)C(=O)N1CCC[C@@]1(C)C(N)=O. The molecule has 0 saturated carbocycles. The number of carbonyl (C=O) groups is 3. The zero-order valence-electron chi connectivity index (χ0n) is 14.0. The normalized spacial score (nSPS) is 22.1. The number of primary amides is 1. The molecule has 1 rings (SSSR count). The van der Waals surface area contributed by atoms with Crippen LogP contribution in [0.25, 0.3) is 0 Å². The Kier molecular flexibility index (Phi) is 5.59. The van der Waals surface area contributed by atoms with E-state index < -0.39 is 35.1 Å². The van der Waals surface area contributed by atoms with Gasteiger partial charge in [-0.25, -0.2) is 4.79 Å². The zero-order chi connectivity index (χ0) is 17.8. The fourth-order valence-corrected chi connectivity index (χ4v) is 2.50. The maximum Gasteiger partial charge on any atom is 0.408 e. The molecule has 0 aromatic heterocycles. The van der Waals surface area contributed by atoms with Gasteiger partial charge in [0.15, 0.2) is 0 Å². The van der Waals surface area contributed by atoms with Gasteiger partial charge in [-0.3, -0.25) is 9.59 Å². The molecule has 1 saturated heterocycles. The van der Waals surface area contributed by atoms with Crippen molar-refractivity contribution in [1.29, 1.82) is 5.26 Å². The van der Waals surface area contributed by atoms with E-state index in [1.807, 2.05) is 6.07 Å². The van der Waals surface area contributed by atoms with E-state index in [9.17, 15) is 14.4 Å². The Morgan fingerprint density at radius 3 is 2.52 bits per heavy atom. The van der Waals surface area contributed by atoms with E-state index in [2.05, 4.69) is 5.32 Å². The molecular weight excluding hydrogens is 300 g/mol. The van der Waals surface area contributed by atoms with Gasteiger partial charge < -0.3 is 20.7 Å². The molecule has 3 amide bonds. The Morgan fingerprint density at radius 1 is 1.43 bits per heavy atom. The minimum absolute atomic E-state index is 0.219. The average molecular weight is 324 g/mol. The van der Waals surface area contributed by atoms with E-state index in [0.717, 1.165) is 0 Å². The average Bonchev–Trinajstić information content (AvgIpc) is 2.78. The number of nitriles is 1. The van der Waals surface area contributed by atoms with Crippen LogP contribution in [-0.2, 0) is 14.3 Å². The van der Waals surface area contributed by atoms with Crippen molar-refractivity contribution in [3.05, 3.63) is 0 Å². The fraction of sp³-hybridized carbons (Fsp3) is 0.733. The molecule has 128 valence electrons. The Morgan fingerprint density at radius 2 is 2.04 bits per heavy atom. The number of nitrogens with one attached hydrogen (secondary N) is 1. The predicted octanol–water partition coefficient (Wildman–Crippen LogP) is 0.660. The number of rotatable bonds is 4. The molecule has 2 atom stereocenters. The highest BCUT2D eigenvalue weighted by atomic mass is 16.6. The summed E-state index contributed by atoms with van der Waals surface area (Å²) in [6.07, 6.45) is 0.0891. The summed E-state index contributed by atoms with van der Waals surface area (Å²) in [7, 11) is 0. The van der Waals surface area contributed by atoms with Crippen molar-refractivity contribution >= 4 is 17.9 Å². The third-order valence-corrected chi connectivity index (χ3v) is 3.72. The molecule has 0 aliphatic carbocycles. The zero-order valence-corrected chi connectivity index (χ0v) is 14.0. The topological polar surface area (TPSA) is 126 Å². The van der Waals surface area contributed by atoms with Gasteiger partial charge in [-0.2, -0.15) is 5.26 Å². The van der Waals surface area contributed by atoms with Crippen molar-refractivity contribution in [1.82, 2.24) is 10.2 Å². The summed E-state index contributed by atoms with van der Waals surface area (Å²) in [6, 6.07) is 0.786. The molecule has 1 aliphatic rings. The van der Waals surface area contributed by atoms with Gasteiger partial charge in [-0.15, -0.1) is 0 Å². The number of nitrogens with zero attached hydrogens (tertiary/aromatic N) is 2. The van der Waals surface area contributed by atoms with Gasteiger partial charge in [-0.05, 0) is 40.5 Å². The van der Waals surface area contributed by atoms with E-state index in [0.29, 0.717) is 19.4 Å². The first-order valence-electron chi connectivity index (χ1n) is 7.49. The first-order valence-corrected chi connectivity index (χ1v) is 7.49. The number of hydrogen-bond acceptors (Lipinski definition) is 5. The van der Waals surface area contributed by atoms with Crippen LogP contribution in [-0.4, -0.2) is 46.5 Å². The van der Waals surface area contributed by atoms with Gasteiger partial charge in [0.05, 0.1) is 12.5 Å². The van der Waals surface area contributed by atoms with E-state index in [-0.39, 0.29) is 6.42 Å². The Bertz CT molecular complexity index is 535. The third kappa shape index (κ3) is 4.58. The number of alkyl carbamates (subject to hydrolysis) is 1. The van der Waals surface area contributed by atoms with Crippen molar-refractivity contribution in [2.24, 2.45) is 5.73 Å². The van der Waals surface area contributed by atoms with E-state index in [4.69, 9.17) is 15.7 Å². The molecule has 0 aromatic carbocycles. The Labute approximate surface area is 135 Å². The van der Waals surface area contributed by atoms with E-state index in [1.54, 1.807) is 27.7 Å². The smallest absolute Gasteiger partial charge is 0.408 e. The van der Waals surface area contributed by atoms with Gasteiger partial charge >= 0.3 is 6.09 Å². The first-order chi connectivity index (χ1) is 10.5. The standard InChI is InChI=1S/C15H24N4O4/c1-14(2,3)23-13(22)18-10(6-8-16)11(20)19-9-5-7-15(19,4)12(17)21/h10H,5-7,9H2,1-4H3,(H2,17,21)(H,18,22)/t10?,15-/m0/s1. The molecule has 1 fully saturated rings. The lowest BCUT2D eigenvalue weighted by atomic mass is 9.97. The molecular formula is C15H24N4O4. The van der Waals surface area contributed by atoms with Crippen molar-refractivity contribution in [3.8, 4) is 6.07 Å². The highest BCUT2D eigenvalue weighted by Crippen LogP contribution is 2.29. The van der Waals surface area contributed by atoms with Crippen molar-refractivity contribution in [3.63, 3.8) is 0 Å². The van der Waals surface area contributed by atoms with Crippen molar-refractivity contribution in [2.45, 2.75) is 64.1 Å². The summed E-state index contributed by atoms with van der Waals surface area (Å²) in [5, 5.41) is 11.3. The van der Waals surface area contributed by atoms with Crippen LogP contribution in [0, 0.1) is 11.3 Å². The van der Waals surface area contributed by atoms with Gasteiger partial charge in [0.25, 0.3) is 0 Å². The van der Waals surface area contributed by atoms with Gasteiger partial charge in [-0.1, -0.05) is 0 Å². The molecule has 8 heteroatoms. The molecule has 0 spiro atoms. The second-order valence-corrected chi connectivity index (χ2v) is 6.79. The number of nitrogens with two attached hydrogens (primary N) is 1. The molecule has 1 heterocycles. The summed E-state index contributed by atoms with van der Waals surface area (Å²) >= 11 is 0. The highest BCUT2D eigenvalue weighted by molar-refractivity contribution is 5.93. The Balaban J connectivity index is 2.89. The number of hydrogen-bond donors (Lipinski definition) is 2.